The number of rotatable bonds is 5. The number of benzene rings is 1. The highest BCUT2D eigenvalue weighted by molar-refractivity contribution is 7.89. The monoisotopic (exact) mass is 365 g/mol. The average Bonchev–Trinajstić information content (AvgIpc) is 2.47. The van der Waals surface area contributed by atoms with Gasteiger partial charge in [0.1, 0.15) is 5.82 Å². The molecule has 2 N–H and O–H groups in total. The van der Waals surface area contributed by atoms with Gasteiger partial charge in [-0.05, 0) is 24.6 Å². The fourth-order valence-corrected chi connectivity index (χ4v) is 4.28. The second-order valence-electron chi connectivity index (χ2n) is 5.52. The van der Waals surface area contributed by atoms with Gasteiger partial charge in [0.15, 0.2) is 0 Å². The Bertz CT molecular complexity index is 772. The van der Waals surface area contributed by atoms with Gasteiger partial charge in [0.2, 0.25) is 20.0 Å². The van der Waals surface area contributed by atoms with Crippen molar-refractivity contribution in [3.8, 4) is 0 Å². The molecule has 0 aromatic heterocycles. The number of primary sulfonamides is 1. The van der Waals surface area contributed by atoms with Crippen LogP contribution in [0.5, 0.6) is 0 Å². The fraction of sp³-hybridized carbons (Fsp3) is 0.538. The van der Waals surface area contributed by atoms with E-state index in [4.69, 9.17) is 5.14 Å². The molecule has 1 aromatic carbocycles. The van der Waals surface area contributed by atoms with Crippen LogP contribution >= 0.6 is 0 Å². The molecule has 1 saturated heterocycles. The molecule has 0 radical (unpaired) electrons. The summed E-state index contributed by atoms with van der Waals surface area (Å²) in [6, 6.07) is 3.85. The average molecular weight is 365 g/mol. The highest BCUT2D eigenvalue weighted by atomic mass is 32.2. The minimum Gasteiger partial charge on any atom is -0.300 e. The Morgan fingerprint density at radius 2 is 1.74 bits per heavy atom. The zero-order valence-corrected chi connectivity index (χ0v) is 14.4. The van der Waals surface area contributed by atoms with E-state index < -0.39 is 25.9 Å². The first-order chi connectivity index (χ1) is 10.6. The van der Waals surface area contributed by atoms with Crippen molar-refractivity contribution >= 4 is 20.0 Å². The van der Waals surface area contributed by atoms with Crippen LogP contribution in [0.1, 0.15) is 5.56 Å². The number of aryl methyl sites for hydroxylation is 1. The van der Waals surface area contributed by atoms with Gasteiger partial charge in [-0.25, -0.2) is 26.4 Å². The summed E-state index contributed by atoms with van der Waals surface area (Å²) in [5, 5.41) is 4.96. The normalized spacial score (nSPS) is 18.2. The maximum atomic E-state index is 13.6. The van der Waals surface area contributed by atoms with Crippen molar-refractivity contribution in [2.24, 2.45) is 5.14 Å². The first-order valence-corrected chi connectivity index (χ1v) is 10.2. The molecule has 0 unspecified atom stereocenters. The van der Waals surface area contributed by atoms with E-state index >= 15 is 0 Å². The third kappa shape index (κ3) is 4.70. The lowest BCUT2D eigenvalue weighted by molar-refractivity contribution is 0.197. The molecule has 10 heteroatoms. The maximum Gasteiger partial charge on any atom is 0.243 e. The van der Waals surface area contributed by atoms with Crippen LogP contribution in [-0.2, 0) is 20.0 Å². The van der Waals surface area contributed by atoms with Crippen LogP contribution < -0.4 is 5.14 Å². The van der Waals surface area contributed by atoms with Gasteiger partial charge in [-0.2, -0.15) is 4.31 Å². The van der Waals surface area contributed by atoms with Gasteiger partial charge in [0, 0.05) is 32.7 Å². The minimum atomic E-state index is -3.74. The first kappa shape index (κ1) is 18.3. The molecule has 0 saturated carbocycles. The van der Waals surface area contributed by atoms with E-state index in [1.165, 1.54) is 16.4 Å². The van der Waals surface area contributed by atoms with Gasteiger partial charge in [0.05, 0.1) is 10.6 Å². The van der Waals surface area contributed by atoms with Crippen molar-refractivity contribution in [1.29, 1.82) is 0 Å². The van der Waals surface area contributed by atoms with Crippen molar-refractivity contribution < 1.29 is 21.2 Å². The molecule has 0 amide bonds. The number of hydrogen-bond acceptors (Lipinski definition) is 5. The zero-order chi connectivity index (χ0) is 17.3. The zero-order valence-electron chi connectivity index (χ0n) is 12.8. The van der Waals surface area contributed by atoms with Crippen molar-refractivity contribution in [2.45, 2.75) is 11.8 Å². The van der Waals surface area contributed by atoms with Crippen LogP contribution in [0.2, 0.25) is 0 Å². The van der Waals surface area contributed by atoms with Gasteiger partial charge in [-0.3, -0.25) is 4.90 Å². The summed E-state index contributed by atoms with van der Waals surface area (Å²) >= 11 is 0. The molecular weight excluding hydrogens is 345 g/mol. The quantitative estimate of drug-likeness (QED) is 0.774. The van der Waals surface area contributed by atoms with E-state index in [9.17, 15) is 21.2 Å². The third-order valence-electron chi connectivity index (χ3n) is 3.80. The summed E-state index contributed by atoms with van der Waals surface area (Å²) in [6.45, 7) is 3.10. The third-order valence-corrected chi connectivity index (χ3v) is 6.45. The fourth-order valence-electron chi connectivity index (χ4n) is 2.33. The van der Waals surface area contributed by atoms with Crippen LogP contribution in [0.3, 0.4) is 0 Å². The molecule has 1 aromatic rings. The summed E-state index contributed by atoms with van der Waals surface area (Å²) in [4.78, 5) is 1.77. The van der Waals surface area contributed by atoms with Crippen LogP contribution in [-0.4, -0.2) is 64.5 Å². The smallest absolute Gasteiger partial charge is 0.243 e. The van der Waals surface area contributed by atoms with Gasteiger partial charge < -0.3 is 0 Å². The van der Waals surface area contributed by atoms with Crippen LogP contribution in [0.4, 0.5) is 4.39 Å². The lowest BCUT2D eigenvalue weighted by Gasteiger charge is -2.33. The summed E-state index contributed by atoms with van der Waals surface area (Å²) in [5.74, 6) is -0.721. The van der Waals surface area contributed by atoms with Gasteiger partial charge in [0.25, 0.3) is 0 Å². The molecular formula is C13H20FN3O4S2. The standard InChI is InChI=1S/C13H20FN3O4S2/c1-11-2-3-12(10-13(11)14)23(20,21)17-6-4-16(5-7-17)8-9-22(15,18)19/h2-3,10H,4-9H2,1H3,(H2,15,18,19). The molecule has 130 valence electrons. The molecule has 7 nitrogen and oxygen atoms in total. The number of halogens is 1. The topological polar surface area (TPSA) is 101 Å². The number of nitrogens with two attached hydrogens (primary N) is 1. The van der Waals surface area contributed by atoms with Crippen LogP contribution in [0.25, 0.3) is 0 Å². The van der Waals surface area contributed by atoms with Crippen molar-refractivity contribution in [3.05, 3.63) is 29.6 Å². The number of sulfonamides is 2. The minimum absolute atomic E-state index is 0.0708. The van der Waals surface area contributed by atoms with Crippen LogP contribution in [0, 0.1) is 12.7 Å². The SMILES string of the molecule is Cc1ccc(S(=O)(=O)N2CCN(CCS(N)(=O)=O)CC2)cc1F. The Morgan fingerprint density at radius 3 is 2.26 bits per heavy atom. The molecule has 1 aliphatic rings. The number of nitrogens with zero attached hydrogens (tertiary/aromatic N) is 2. The summed E-state index contributed by atoms with van der Waals surface area (Å²) < 4.78 is 61.8. The Hall–Kier alpha value is -1.07. The van der Waals surface area contributed by atoms with Crippen LogP contribution in [0.15, 0.2) is 23.1 Å². The molecule has 0 bridgehead atoms. The summed E-state index contributed by atoms with van der Waals surface area (Å²) in [5.41, 5.74) is 0.386. The Labute approximate surface area is 136 Å². The van der Waals surface area contributed by atoms with E-state index in [1.54, 1.807) is 6.92 Å². The second-order valence-corrected chi connectivity index (χ2v) is 9.20. The predicted octanol–water partition coefficient (Wildman–Crippen LogP) is -0.271. The number of piperazine rings is 1. The van der Waals surface area contributed by atoms with E-state index in [0.29, 0.717) is 18.7 Å². The molecule has 1 aliphatic heterocycles. The maximum absolute atomic E-state index is 13.6. The van der Waals surface area contributed by atoms with E-state index in [0.717, 1.165) is 6.07 Å². The highest BCUT2D eigenvalue weighted by Crippen LogP contribution is 2.20. The lowest BCUT2D eigenvalue weighted by Crippen LogP contribution is -2.49. The predicted molar refractivity (Wildman–Crippen MR) is 84.3 cm³/mol. The van der Waals surface area contributed by atoms with Crippen molar-refractivity contribution in [3.63, 3.8) is 0 Å². The lowest BCUT2D eigenvalue weighted by atomic mass is 10.2. The molecule has 0 aliphatic carbocycles. The summed E-state index contributed by atoms with van der Waals surface area (Å²) in [7, 11) is -7.28. The van der Waals surface area contributed by atoms with Gasteiger partial charge >= 0.3 is 0 Å². The molecule has 23 heavy (non-hydrogen) atoms. The Balaban J connectivity index is 2.02. The second kappa shape index (κ2) is 6.81. The molecule has 2 rings (SSSR count). The molecule has 0 atom stereocenters. The molecule has 1 heterocycles. The van der Waals surface area contributed by atoms with E-state index in [1.807, 2.05) is 4.90 Å². The Kier molecular flexibility index (Phi) is 5.41. The van der Waals surface area contributed by atoms with Gasteiger partial charge in [-0.1, -0.05) is 6.07 Å². The van der Waals surface area contributed by atoms with E-state index in [-0.39, 0.29) is 30.3 Å². The van der Waals surface area contributed by atoms with Gasteiger partial charge in [-0.15, -0.1) is 0 Å². The van der Waals surface area contributed by atoms with E-state index in [2.05, 4.69) is 0 Å². The molecule has 0 spiro atoms. The highest BCUT2D eigenvalue weighted by Gasteiger charge is 2.29. The van der Waals surface area contributed by atoms with Crippen molar-refractivity contribution in [2.75, 3.05) is 38.5 Å². The first-order valence-electron chi connectivity index (χ1n) is 7.09. The number of hydrogen-bond donors (Lipinski definition) is 1. The largest absolute Gasteiger partial charge is 0.300 e. The molecule has 1 fully saturated rings. The van der Waals surface area contributed by atoms with Crippen molar-refractivity contribution in [1.82, 2.24) is 9.21 Å². The Morgan fingerprint density at radius 1 is 1.13 bits per heavy atom. The summed E-state index contributed by atoms with van der Waals surface area (Å²) in [6.07, 6.45) is 0.